The van der Waals surface area contributed by atoms with Gasteiger partial charge in [0.05, 0.1) is 20.1 Å². The topological polar surface area (TPSA) is 50.8 Å². The molecule has 0 bridgehead atoms. The van der Waals surface area contributed by atoms with E-state index in [9.17, 15) is 9.18 Å². The second kappa shape index (κ2) is 10.00. The van der Waals surface area contributed by atoms with Crippen molar-refractivity contribution in [2.45, 2.75) is 20.3 Å². The molecule has 1 N–H and O–H groups in total. The summed E-state index contributed by atoms with van der Waals surface area (Å²) in [5, 5.41) is 2.84. The Hall–Kier alpha value is -1.82. The number of halogens is 1. The van der Waals surface area contributed by atoms with E-state index in [1.165, 1.54) is 19.2 Å². The van der Waals surface area contributed by atoms with E-state index >= 15 is 0 Å². The van der Waals surface area contributed by atoms with Crippen molar-refractivity contribution in [3.63, 3.8) is 0 Å². The highest BCUT2D eigenvalue weighted by atomic mass is 19.1. The van der Waals surface area contributed by atoms with Gasteiger partial charge in [-0.05, 0) is 25.2 Å². The maximum absolute atomic E-state index is 13.5. The van der Waals surface area contributed by atoms with Crippen LogP contribution < -0.4 is 14.8 Å². The van der Waals surface area contributed by atoms with Crippen LogP contribution in [-0.2, 0) is 4.79 Å². The molecule has 1 rings (SSSR count). The molecule has 0 aromatic heterocycles. The molecule has 5 nitrogen and oxygen atoms in total. The van der Waals surface area contributed by atoms with Gasteiger partial charge in [0.15, 0.2) is 11.6 Å². The zero-order chi connectivity index (χ0) is 16.4. The van der Waals surface area contributed by atoms with Crippen molar-refractivity contribution in [2.75, 3.05) is 39.9 Å². The Morgan fingerprint density at radius 1 is 1.32 bits per heavy atom. The number of hydrogen-bond donors (Lipinski definition) is 1. The highest BCUT2D eigenvalue weighted by Crippen LogP contribution is 2.22. The van der Waals surface area contributed by atoms with Crippen molar-refractivity contribution in [2.24, 2.45) is 0 Å². The molecule has 6 heteroatoms. The number of methoxy groups -OCH3 is 1. The Morgan fingerprint density at radius 2 is 2.05 bits per heavy atom. The van der Waals surface area contributed by atoms with Gasteiger partial charge in [-0.25, -0.2) is 4.39 Å². The summed E-state index contributed by atoms with van der Waals surface area (Å²) in [5.41, 5.74) is 0. The maximum atomic E-state index is 13.5. The number of carbonyl (C=O) groups excluding carboxylic acids is 1. The summed E-state index contributed by atoms with van der Waals surface area (Å²) in [4.78, 5) is 13.9. The van der Waals surface area contributed by atoms with Crippen molar-refractivity contribution < 1.29 is 18.7 Å². The van der Waals surface area contributed by atoms with Gasteiger partial charge in [-0.3, -0.25) is 4.79 Å². The third-order valence-electron chi connectivity index (χ3n) is 3.37. The number of amides is 1. The summed E-state index contributed by atoms with van der Waals surface area (Å²) in [7, 11) is 1.40. The lowest BCUT2D eigenvalue weighted by Gasteiger charge is -2.17. The second-order valence-electron chi connectivity index (χ2n) is 4.77. The molecule has 22 heavy (non-hydrogen) atoms. The second-order valence-corrected chi connectivity index (χ2v) is 4.77. The molecular weight excluding hydrogens is 287 g/mol. The molecule has 0 aliphatic carbocycles. The number of likely N-dealkylation sites (N-methyl/N-ethyl adjacent to an activating group) is 1. The largest absolute Gasteiger partial charge is 0.494 e. The van der Waals surface area contributed by atoms with Crippen LogP contribution in [-0.4, -0.2) is 50.7 Å². The monoisotopic (exact) mass is 312 g/mol. The predicted molar refractivity (Wildman–Crippen MR) is 83.9 cm³/mol. The minimum atomic E-state index is -0.483. The fraction of sp³-hybridized carbons (Fsp3) is 0.562. The average Bonchev–Trinajstić information content (AvgIpc) is 2.52. The first-order valence-corrected chi connectivity index (χ1v) is 7.56. The molecule has 0 atom stereocenters. The van der Waals surface area contributed by atoms with Gasteiger partial charge in [-0.15, -0.1) is 0 Å². The molecule has 0 heterocycles. The summed E-state index contributed by atoms with van der Waals surface area (Å²) in [6.07, 6.45) is 0.242. The van der Waals surface area contributed by atoms with Crippen LogP contribution in [0.25, 0.3) is 0 Å². The smallest absolute Gasteiger partial charge is 0.223 e. The summed E-state index contributed by atoms with van der Waals surface area (Å²) in [5.74, 6) is 0.000510. The first-order valence-electron chi connectivity index (χ1n) is 7.56. The molecule has 1 aromatic carbocycles. The lowest BCUT2D eigenvalue weighted by atomic mass is 10.3. The molecule has 0 radical (unpaired) electrons. The number of carbonyl (C=O) groups is 1. The quantitative estimate of drug-likeness (QED) is 0.718. The molecule has 0 aliphatic heterocycles. The minimum Gasteiger partial charge on any atom is -0.494 e. The Balaban J connectivity index is 2.23. The molecule has 0 spiro atoms. The number of nitrogens with one attached hydrogen (secondary N) is 1. The molecule has 0 saturated carbocycles. The van der Waals surface area contributed by atoms with E-state index in [4.69, 9.17) is 9.47 Å². The number of hydrogen-bond acceptors (Lipinski definition) is 4. The van der Waals surface area contributed by atoms with Crippen LogP contribution in [0.3, 0.4) is 0 Å². The third-order valence-corrected chi connectivity index (χ3v) is 3.37. The molecule has 0 saturated heterocycles. The van der Waals surface area contributed by atoms with Gasteiger partial charge in [0, 0.05) is 19.2 Å². The lowest BCUT2D eigenvalue weighted by Crippen LogP contribution is -2.35. The summed E-state index contributed by atoms with van der Waals surface area (Å²) < 4.78 is 23.6. The van der Waals surface area contributed by atoms with E-state index in [2.05, 4.69) is 24.1 Å². The van der Waals surface area contributed by atoms with Crippen LogP contribution in [0.2, 0.25) is 0 Å². The van der Waals surface area contributed by atoms with Gasteiger partial charge in [-0.1, -0.05) is 13.8 Å². The van der Waals surface area contributed by atoms with Crippen molar-refractivity contribution >= 4 is 5.91 Å². The van der Waals surface area contributed by atoms with Gasteiger partial charge in [0.2, 0.25) is 5.91 Å². The van der Waals surface area contributed by atoms with Crippen molar-refractivity contribution in [1.29, 1.82) is 0 Å². The van der Waals surface area contributed by atoms with Crippen LogP contribution in [0.15, 0.2) is 18.2 Å². The van der Waals surface area contributed by atoms with Gasteiger partial charge in [-0.2, -0.15) is 0 Å². The van der Waals surface area contributed by atoms with Gasteiger partial charge in [0.25, 0.3) is 0 Å². The Morgan fingerprint density at radius 3 is 2.64 bits per heavy atom. The summed E-state index contributed by atoms with van der Waals surface area (Å²) >= 11 is 0. The number of rotatable bonds is 10. The Labute approximate surface area is 131 Å². The molecule has 1 aromatic rings. The highest BCUT2D eigenvalue weighted by molar-refractivity contribution is 5.75. The van der Waals surface area contributed by atoms with Crippen LogP contribution >= 0.6 is 0 Å². The molecule has 124 valence electrons. The third kappa shape index (κ3) is 6.30. The minimum absolute atomic E-state index is 0.0684. The van der Waals surface area contributed by atoms with Gasteiger partial charge in [0.1, 0.15) is 5.75 Å². The standard InChI is InChI=1S/C16H25FN2O3/c1-4-19(5-2)10-9-18-16(20)8-11-22-13-6-7-15(21-3)14(17)12-13/h6-7,12H,4-5,8-11H2,1-3H3,(H,18,20). The number of nitrogens with zero attached hydrogens (tertiary/aromatic N) is 1. The molecule has 0 aliphatic rings. The molecule has 0 fully saturated rings. The van der Waals surface area contributed by atoms with Crippen LogP contribution in [0.1, 0.15) is 20.3 Å². The van der Waals surface area contributed by atoms with E-state index in [0.29, 0.717) is 12.3 Å². The van der Waals surface area contributed by atoms with E-state index < -0.39 is 5.82 Å². The van der Waals surface area contributed by atoms with Gasteiger partial charge < -0.3 is 19.7 Å². The maximum Gasteiger partial charge on any atom is 0.223 e. The van der Waals surface area contributed by atoms with E-state index in [1.54, 1.807) is 6.07 Å². The zero-order valence-corrected chi connectivity index (χ0v) is 13.5. The zero-order valence-electron chi connectivity index (χ0n) is 13.5. The summed E-state index contributed by atoms with van der Waals surface area (Å²) in [6.45, 7) is 7.79. The van der Waals surface area contributed by atoms with E-state index in [1.807, 2.05) is 0 Å². The first-order chi connectivity index (χ1) is 10.6. The van der Waals surface area contributed by atoms with Crippen LogP contribution in [0.5, 0.6) is 11.5 Å². The first kappa shape index (κ1) is 18.2. The van der Waals surface area contributed by atoms with E-state index in [0.717, 1.165) is 19.6 Å². The lowest BCUT2D eigenvalue weighted by molar-refractivity contribution is -0.121. The van der Waals surface area contributed by atoms with Crippen molar-refractivity contribution in [3.05, 3.63) is 24.0 Å². The van der Waals surface area contributed by atoms with Crippen molar-refractivity contribution in [3.8, 4) is 11.5 Å². The van der Waals surface area contributed by atoms with Crippen LogP contribution in [0.4, 0.5) is 4.39 Å². The normalized spacial score (nSPS) is 10.6. The van der Waals surface area contributed by atoms with Crippen LogP contribution in [0, 0.1) is 5.82 Å². The SMILES string of the molecule is CCN(CC)CCNC(=O)CCOc1ccc(OC)c(F)c1. The average molecular weight is 312 g/mol. The van der Waals surface area contributed by atoms with Gasteiger partial charge >= 0.3 is 0 Å². The number of ether oxygens (including phenoxy) is 2. The summed E-state index contributed by atoms with van der Waals surface area (Å²) in [6, 6.07) is 4.35. The predicted octanol–water partition coefficient (Wildman–Crippen LogP) is 2.06. The highest BCUT2D eigenvalue weighted by Gasteiger charge is 2.06. The molecule has 0 unspecified atom stereocenters. The Bertz CT molecular complexity index is 465. The number of benzene rings is 1. The fourth-order valence-corrected chi connectivity index (χ4v) is 1.98. The molecular formula is C16H25FN2O3. The van der Waals surface area contributed by atoms with E-state index in [-0.39, 0.29) is 24.7 Å². The van der Waals surface area contributed by atoms with Crippen molar-refractivity contribution in [1.82, 2.24) is 10.2 Å². The Kier molecular flexibility index (Phi) is 8.28. The fourth-order valence-electron chi connectivity index (χ4n) is 1.98. The molecule has 1 amide bonds.